The van der Waals surface area contributed by atoms with Crippen LogP contribution < -0.4 is 9.62 Å². The number of imidazole rings is 1. The third kappa shape index (κ3) is 5.27. The highest BCUT2D eigenvalue weighted by atomic mass is 32.2. The summed E-state index contributed by atoms with van der Waals surface area (Å²) in [7, 11) is -0.0410. The molecule has 0 bridgehead atoms. The van der Waals surface area contributed by atoms with Crippen molar-refractivity contribution in [3.63, 3.8) is 0 Å². The first kappa shape index (κ1) is 26.2. The van der Waals surface area contributed by atoms with E-state index in [9.17, 15) is 13.2 Å². The van der Waals surface area contributed by atoms with Crippen molar-refractivity contribution >= 4 is 38.3 Å². The van der Waals surface area contributed by atoms with E-state index in [-0.39, 0.29) is 16.2 Å². The van der Waals surface area contributed by atoms with Gasteiger partial charge in [-0.15, -0.1) is 0 Å². The molecule has 1 fully saturated rings. The van der Waals surface area contributed by atoms with Crippen LogP contribution in [0.3, 0.4) is 0 Å². The number of nitrogens with one attached hydrogen (secondary N) is 1. The number of sulfonamides is 1. The van der Waals surface area contributed by atoms with Gasteiger partial charge in [-0.1, -0.05) is 27.2 Å². The van der Waals surface area contributed by atoms with Crippen molar-refractivity contribution in [1.29, 1.82) is 0 Å². The minimum atomic E-state index is -3.79. The van der Waals surface area contributed by atoms with Crippen LogP contribution in [-0.4, -0.2) is 55.5 Å². The van der Waals surface area contributed by atoms with Gasteiger partial charge >= 0.3 is 0 Å². The third-order valence-corrected chi connectivity index (χ3v) is 8.71. The summed E-state index contributed by atoms with van der Waals surface area (Å²) in [6.45, 7) is 9.88. The fourth-order valence-electron chi connectivity index (χ4n) is 4.87. The molecule has 0 saturated carbocycles. The molecule has 4 rings (SSSR count). The third-order valence-electron chi connectivity index (χ3n) is 6.91. The van der Waals surface area contributed by atoms with Gasteiger partial charge in [-0.3, -0.25) is 9.10 Å². The number of piperidine rings is 1. The highest BCUT2D eigenvalue weighted by Gasteiger charge is 2.28. The molecule has 36 heavy (non-hydrogen) atoms. The molecule has 3 aromatic rings. The number of carbonyl (C=O) groups is 1. The highest BCUT2D eigenvalue weighted by Crippen LogP contribution is 2.32. The van der Waals surface area contributed by atoms with Gasteiger partial charge in [0.15, 0.2) is 0 Å². The summed E-state index contributed by atoms with van der Waals surface area (Å²) in [6, 6.07) is 12.3. The predicted octanol–water partition coefficient (Wildman–Crippen LogP) is 4.60. The van der Waals surface area contributed by atoms with Crippen molar-refractivity contribution in [1.82, 2.24) is 14.5 Å². The number of hydrogen-bond donors (Lipinski definition) is 1. The van der Waals surface area contributed by atoms with Crippen LogP contribution in [0.5, 0.6) is 0 Å². The number of carbonyl (C=O) groups excluding carboxylic acids is 1. The number of fused-ring (bicyclic) bond motifs is 1. The Hall–Kier alpha value is -2.91. The van der Waals surface area contributed by atoms with E-state index in [1.165, 1.54) is 42.6 Å². The van der Waals surface area contributed by atoms with E-state index in [2.05, 4.69) is 42.6 Å². The van der Waals surface area contributed by atoms with E-state index in [0.29, 0.717) is 17.4 Å². The van der Waals surface area contributed by atoms with Crippen LogP contribution in [0, 0.1) is 0 Å². The smallest absolute Gasteiger partial charge is 0.264 e. The fourth-order valence-corrected chi connectivity index (χ4v) is 6.05. The molecule has 1 amide bonds. The molecule has 1 N–H and O–H groups in total. The van der Waals surface area contributed by atoms with Gasteiger partial charge in [0.25, 0.3) is 10.0 Å². The molecular formula is C27H37N5O3S. The topological polar surface area (TPSA) is 87.5 Å². The molecule has 1 aromatic heterocycles. The van der Waals surface area contributed by atoms with Gasteiger partial charge in [-0.25, -0.2) is 13.4 Å². The molecule has 0 unspecified atom stereocenters. The van der Waals surface area contributed by atoms with Crippen molar-refractivity contribution in [2.75, 3.05) is 30.3 Å². The zero-order chi connectivity index (χ0) is 26.3. The largest absolute Gasteiger partial charge is 0.326 e. The number of anilines is 2. The van der Waals surface area contributed by atoms with Gasteiger partial charge in [0.05, 0.1) is 21.6 Å². The van der Waals surface area contributed by atoms with Crippen molar-refractivity contribution in [3.05, 3.63) is 48.3 Å². The molecule has 1 atom stereocenters. The van der Waals surface area contributed by atoms with Gasteiger partial charge in [-0.2, -0.15) is 0 Å². The number of nitrogens with zero attached hydrogens (tertiary/aromatic N) is 4. The average Bonchev–Trinajstić information content (AvgIpc) is 3.18. The maximum absolute atomic E-state index is 13.3. The summed E-state index contributed by atoms with van der Waals surface area (Å²) in [6.07, 6.45) is 3.65. The van der Waals surface area contributed by atoms with Crippen molar-refractivity contribution in [2.24, 2.45) is 0 Å². The van der Waals surface area contributed by atoms with E-state index in [1.807, 2.05) is 18.2 Å². The molecule has 0 spiro atoms. The molecule has 2 heterocycles. The van der Waals surface area contributed by atoms with Crippen molar-refractivity contribution in [2.45, 2.75) is 69.9 Å². The molecule has 2 aromatic carbocycles. The number of rotatable bonds is 6. The second-order valence-corrected chi connectivity index (χ2v) is 12.7. The lowest BCUT2D eigenvalue weighted by atomic mass is 9.95. The minimum Gasteiger partial charge on any atom is -0.326 e. The van der Waals surface area contributed by atoms with Gasteiger partial charge < -0.3 is 14.8 Å². The zero-order valence-corrected chi connectivity index (χ0v) is 22.9. The number of benzene rings is 2. The first-order valence-electron chi connectivity index (χ1n) is 12.5. The Morgan fingerprint density at radius 3 is 2.44 bits per heavy atom. The molecule has 194 valence electrons. The zero-order valence-electron chi connectivity index (χ0n) is 22.1. The van der Waals surface area contributed by atoms with E-state index >= 15 is 0 Å². The number of aromatic nitrogens is 2. The number of likely N-dealkylation sites (N-methyl/N-ethyl adjacent to an activating group) is 1. The van der Waals surface area contributed by atoms with Crippen molar-refractivity contribution < 1.29 is 13.2 Å². The van der Waals surface area contributed by atoms with Gasteiger partial charge in [0.1, 0.15) is 5.82 Å². The first-order chi connectivity index (χ1) is 16.9. The summed E-state index contributed by atoms with van der Waals surface area (Å²) in [4.78, 5) is 18.8. The fraction of sp³-hybridized carbons (Fsp3) is 0.481. The Kier molecular flexibility index (Phi) is 7.16. The average molecular weight is 512 g/mol. The van der Waals surface area contributed by atoms with Crippen LogP contribution in [0.1, 0.15) is 52.8 Å². The Morgan fingerprint density at radius 1 is 1.14 bits per heavy atom. The summed E-state index contributed by atoms with van der Waals surface area (Å²) in [5, 5.41) is 2.66. The Balaban J connectivity index is 1.68. The maximum Gasteiger partial charge on any atom is 0.264 e. The first-order valence-corrected chi connectivity index (χ1v) is 13.9. The molecule has 0 radical (unpaired) electrons. The molecule has 8 nitrogen and oxygen atoms in total. The second-order valence-electron chi connectivity index (χ2n) is 10.8. The molecule has 1 aliphatic rings. The van der Waals surface area contributed by atoms with Crippen LogP contribution in [0.2, 0.25) is 0 Å². The van der Waals surface area contributed by atoms with Crippen molar-refractivity contribution in [3.8, 4) is 0 Å². The standard InChI is InChI=1S/C27H37N5O3S/c1-19(33)28-20-10-13-23(14-11-20)36(34,35)31(6)21-12-15-25-24(17-21)29-26(27(2,3)4)32(25)18-22-9-7-8-16-30(22)5/h10-15,17,22H,7-9,16,18H2,1-6H3,(H,28,33)/t22-/m1/s1. The van der Waals surface area contributed by atoms with Crippen LogP contribution in [-0.2, 0) is 26.8 Å². The summed E-state index contributed by atoms with van der Waals surface area (Å²) < 4.78 is 30.3. The Bertz CT molecular complexity index is 1360. The van der Waals surface area contributed by atoms with Crippen LogP contribution in [0.15, 0.2) is 47.4 Å². The van der Waals surface area contributed by atoms with E-state index < -0.39 is 10.0 Å². The van der Waals surface area contributed by atoms with Gasteiger partial charge in [-0.05, 0) is 68.9 Å². The lowest BCUT2D eigenvalue weighted by Crippen LogP contribution is -2.40. The summed E-state index contributed by atoms with van der Waals surface area (Å²) in [5.74, 6) is 0.799. The summed E-state index contributed by atoms with van der Waals surface area (Å²) >= 11 is 0. The van der Waals surface area contributed by atoms with Gasteiger partial charge in [0, 0.05) is 37.7 Å². The molecule has 0 aliphatic carbocycles. The van der Waals surface area contributed by atoms with Crippen LogP contribution in [0.25, 0.3) is 11.0 Å². The Labute approximate surface area is 214 Å². The Morgan fingerprint density at radius 2 is 1.83 bits per heavy atom. The molecule has 1 saturated heterocycles. The monoisotopic (exact) mass is 511 g/mol. The lowest BCUT2D eigenvalue weighted by molar-refractivity contribution is -0.114. The molecule has 1 aliphatic heterocycles. The number of likely N-dealkylation sites (tertiary alicyclic amines) is 1. The minimum absolute atomic E-state index is 0.153. The molecule has 9 heteroatoms. The maximum atomic E-state index is 13.3. The predicted molar refractivity (Wildman–Crippen MR) is 145 cm³/mol. The lowest BCUT2D eigenvalue weighted by Gasteiger charge is -2.34. The van der Waals surface area contributed by atoms with E-state index in [1.54, 1.807) is 19.2 Å². The van der Waals surface area contributed by atoms with Crippen LogP contribution >= 0.6 is 0 Å². The normalized spacial score (nSPS) is 17.3. The SMILES string of the molecule is CC(=O)Nc1ccc(S(=O)(=O)N(C)c2ccc3c(c2)nc(C(C)(C)C)n3C[C@H]2CCCCN2C)cc1. The second kappa shape index (κ2) is 9.86. The summed E-state index contributed by atoms with van der Waals surface area (Å²) in [5.41, 5.74) is 2.76. The molecular weight excluding hydrogens is 474 g/mol. The van der Waals surface area contributed by atoms with E-state index in [4.69, 9.17) is 4.98 Å². The highest BCUT2D eigenvalue weighted by molar-refractivity contribution is 7.92. The van der Waals surface area contributed by atoms with Gasteiger partial charge in [0.2, 0.25) is 5.91 Å². The number of hydrogen-bond acceptors (Lipinski definition) is 5. The quantitative estimate of drug-likeness (QED) is 0.523. The number of amides is 1. The van der Waals surface area contributed by atoms with E-state index in [0.717, 1.165) is 29.9 Å². The van der Waals surface area contributed by atoms with Crippen LogP contribution in [0.4, 0.5) is 11.4 Å².